The quantitative estimate of drug-likeness (QED) is 0.669. The van der Waals surface area contributed by atoms with E-state index >= 15 is 0 Å². The Morgan fingerprint density at radius 3 is 2.38 bits per heavy atom. The van der Waals surface area contributed by atoms with Crippen molar-refractivity contribution in [1.29, 1.82) is 5.26 Å². The van der Waals surface area contributed by atoms with Gasteiger partial charge >= 0.3 is 0 Å². The van der Waals surface area contributed by atoms with Crippen molar-refractivity contribution in [2.24, 2.45) is 0 Å². The summed E-state index contributed by atoms with van der Waals surface area (Å²) in [5, 5.41) is 9.07. The molecule has 0 bridgehead atoms. The Hall–Kier alpha value is -1.60. The minimum absolute atomic E-state index is 0.196. The van der Waals surface area contributed by atoms with Gasteiger partial charge < -0.3 is 0 Å². The fourth-order valence-corrected chi connectivity index (χ4v) is 1.74. The Morgan fingerprint density at radius 2 is 1.85 bits per heavy atom. The van der Waals surface area contributed by atoms with Crippen LogP contribution in [0.1, 0.15) is 0 Å². The van der Waals surface area contributed by atoms with E-state index in [-0.39, 0.29) is 4.90 Å². The van der Waals surface area contributed by atoms with E-state index in [4.69, 9.17) is 5.26 Å². The summed E-state index contributed by atoms with van der Waals surface area (Å²) in [6, 6.07) is 9.59. The standard InChI is InChI=1S/C9H7NO2S/c10-7-4-8-13(11,12)9-5-2-1-3-6-9/h1-6,8H/b8-4-. The molecule has 0 amide bonds. The smallest absolute Gasteiger partial charge is 0.200 e. The van der Waals surface area contributed by atoms with Crippen LogP contribution in [-0.4, -0.2) is 8.42 Å². The molecule has 0 aliphatic heterocycles. The molecule has 0 saturated heterocycles. The Labute approximate surface area is 76.9 Å². The third kappa shape index (κ3) is 2.42. The zero-order chi connectivity index (χ0) is 9.73. The highest BCUT2D eigenvalue weighted by Gasteiger charge is 2.07. The maximum atomic E-state index is 11.4. The van der Waals surface area contributed by atoms with Crippen LogP contribution >= 0.6 is 0 Å². The van der Waals surface area contributed by atoms with Gasteiger partial charge in [0.05, 0.1) is 11.0 Å². The normalized spacial score (nSPS) is 11.3. The molecule has 0 unspecified atom stereocenters. The minimum atomic E-state index is -3.43. The molecule has 0 N–H and O–H groups in total. The molecule has 0 aromatic heterocycles. The molecule has 0 atom stereocenters. The molecule has 0 aliphatic rings. The van der Waals surface area contributed by atoms with Gasteiger partial charge in [0, 0.05) is 11.5 Å². The lowest BCUT2D eigenvalue weighted by Gasteiger charge is -1.95. The van der Waals surface area contributed by atoms with Crippen molar-refractivity contribution in [2.45, 2.75) is 4.90 Å². The van der Waals surface area contributed by atoms with Gasteiger partial charge in [-0.15, -0.1) is 0 Å². The van der Waals surface area contributed by atoms with E-state index in [2.05, 4.69) is 0 Å². The maximum absolute atomic E-state index is 11.4. The molecule has 0 aliphatic carbocycles. The van der Waals surface area contributed by atoms with Gasteiger partial charge in [-0.3, -0.25) is 0 Å². The van der Waals surface area contributed by atoms with Crippen LogP contribution in [0.2, 0.25) is 0 Å². The molecule has 4 heteroatoms. The van der Waals surface area contributed by atoms with Crippen LogP contribution in [0.3, 0.4) is 0 Å². The fraction of sp³-hybridized carbons (Fsp3) is 0. The number of sulfone groups is 1. The monoisotopic (exact) mass is 193 g/mol. The van der Waals surface area contributed by atoms with Gasteiger partial charge in [0.1, 0.15) is 0 Å². The van der Waals surface area contributed by atoms with Crippen molar-refractivity contribution >= 4 is 9.84 Å². The Kier molecular flexibility index (Phi) is 2.83. The number of rotatable bonds is 2. The average molecular weight is 193 g/mol. The summed E-state index contributed by atoms with van der Waals surface area (Å²) >= 11 is 0. The second-order valence-electron chi connectivity index (χ2n) is 2.29. The zero-order valence-electron chi connectivity index (χ0n) is 6.71. The second-order valence-corrected chi connectivity index (χ2v) is 4.12. The van der Waals surface area contributed by atoms with Crippen molar-refractivity contribution in [3.63, 3.8) is 0 Å². The fourth-order valence-electron chi connectivity index (χ4n) is 0.809. The molecular formula is C9H7NO2S. The van der Waals surface area contributed by atoms with E-state index in [0.29, 0.717) is 0 Å². The minimum Gasteiger partial charge on any atom is -0.219 e. The van der Waals surface area contributed by atoms with Gasteiger partial charge in [-0.05, 0) is 12.1 Å². The average Bonchev–Trinajstić information content (AvgIpc) is 2.16. The first kappa shape index (κ1) is 9.49. The molecule has 13 heavy (non-hydrogen) atoms. The van der Waals surface area contributed by atoms with Crippen molar-refractivity contribution in [3.05, 3.63) is 41.8 Å². The Morgan fingerprint density at radius 1 is 1.23 bits per heavy atom. The molecule has 0 spiro atoms. The van der Waals surface area contributed by atoms with Gasteiger partial charge in [0.2, 0.25) is 9.84 Å². The largest absolute Gasteiger partial charge is 0.219 e. The van der Waals surface area contributed by atoms with E-state index in [1.165, 1.54) is 12.1 Å². The number of hydrogen-bond acceptors (Lipinski definition) is 3. The Balaban J connectivity index is 3.11. The third-order valence-corrected chi connectivity index (χ3v) is 2.82. The van der Waals surface area contributed by atoms with E-state index in [1.54, 1.807) is 24.3 Å². The number of allylic oxidation sites excluding steroid dienone is 1. The van der Waals surface area contributed by atoms with Crippen LogP contribution in [0.4, 0.5) is 0 Å². The second kappa shape index (κ2) is 3.87. The number of benzene rings is 1. The first-order valence-corrected chi connectivity index (χ1v) is 5.08. The predicted octanol–water partition coefficient (Wildman–Crippen LogP) is 1.50. The molecule has 1 aromatic carbocycles. The van der Waals surface area contributed by atoms with E-state index < -0.39 is 9.84 Å². The van der Waals surface area contributed by atoms with Gasteiger partial charge in [-0.1, -0.05) is 18.2 Å². The highest BCUT2D eigenvalue weighted by atomic mass is 32.2. The highest BCUT2D eigenvalue weighted by Crippen LogP contribution is 2.10. The van der Waals surface area contributed by atoms with Gasteiger partial charge in [0.15, 0.2) is 0 Å². The summed E-state index contributed by atoms with van der Waals surface area (Å²) < 4.78 is 22.7. The number of hydrogen-bond donors (Lipinski definition) is 0. The number of nitriles is 1. The van der Waals surface area contributed by atoms with Crippen molar-refractivity contribution in [1.82, 2.24) is 0 Å². The van der Waals surface area contributed by atoms with Crippen LogP contribution in [0.15, 0.2) is 46.7 Å². The molecule has 0 heterocycles. The molecule has 66 valence electrons. The molecule has 0 fully saturated rings. The van der Waals surface area contributed by atoms with Crippen LogP contribution < -0.4 is 0 Å². The van der Waals surface area contributed by atoms with E-state index in [1.807, 2.05) is 0 Å². The Bertz CT molecular complexity index is 440. The summed E-state index contributed by atoms with van der Waals surface area (Å²) in [5.41, 5.74) is 0. The van der Waals surface area contributed by atoms with Crippen LogP contribution in [0, 0.1) is 11.3 Å². The first-order valence-electron chi connectivity index (χ1n) is 3.53. The van der Waals surface area contributed by atoms with Crippen molar-refractivity contribution < 1.29 is 8.42 Å². The molecule has 0 saturated carbocycles. The lowest BCUT2D eigenvalue weighted by atomic mass is 10.4. The lowest BCUT2D eigenvalue weighted by Crippen LogP contribution is -1.94. The van der Waals surface area contributed by atoms with Gasteiger partial charge in [-0.2, -0.15) is 5.26 Å². The maximum Gasteiger partial charge on any atom is 0.200 e. The van der Waals surface area contributed by atoms with Crippen molar-refractivity contribution in [3.8, 4) is 6.07 Å². The first-order chi connectivity index (χ1) is 6.17. The summed E-state index contributed by atoms with van der Waals surface area (Å²) in [7, 11) is -3.43. The summed E-state index contributed by atoms with van der Waals surface area (Å²) in [5.74, 6) is 0. The van der Waals surface area contributed by atoms with E-state index in [0.717, 1.165) is 11.5 Å². The van der Waals surface area contributed by atoms with Gasteiger partial charge in [0.25, 0.3) is 0 Å². The topological polar surface area (TPSA) is 57.9 Å². The lowest BCUT2D eigenvalue weighted by molar-refractivity contribution is 0.604. The molecule has 0 radical (unpaired) electrons. The zero-order valence-corrected chi connectivity index (χ0v) is 7.53. The van der Waals surface area contributed by atoms with Gasteiger partial charge in [-0.25, -0.2) is 8.42 Å². The van der Waals surface area contributed by atoms with Crippen molar-refractivity contribution in [2.75, 3.05) is 0 Å². The van der Waals surface area contributed by atoms with Crippen LogP contribution in [-0.2, 0) is 9.84 Å². The predicted molar refractivity (Wildman–Crippen MR) is 48.4 cm³/mol. The summed E-state index contributed by atoms with van der Waals surface area (Å²) in [6.45, 7) is 0. The third-order valence-electron chi connectivity index (χ3n) is 1.39. The highest BCUT2D eigenvalue weighted by molar-refractivity contribution is 7.94. The molecular weight excluding hydrogens is 186 g/mol. The number of nitrogens with zero attached hydrogens (tertiary/aromatic N) is 1. The molecule has 3 nitrogen and oxygen atoms in total. The SMILES string of the molecule is N#C/C=C\S(=O)(=O)c1ccccc1. The molecule has 1 rings (SSSR count). The molecule has 1 aromatic rings. The van der Waals surface area contributed by atoms with Crippen LogP contribution in [0.25, 0.3) is 0 Å². The van der Waals surface area contributed by atoms with Crippen LogP contribution in [0.5, 0.6) is 0 Å². The van der Waals surface area contributed by atoms with E-state index in [9.17, 15) is 8.42 Å². The summed E-state index contributed by atoms with van der Waals surface area (Å²) in [6.07, 6.45) is 0.947. The summed E-state index contributed by atoms with van der Waals surface area (Å²) in [4.78, 5) is 0.196.